The van der Waals surface area contributed by atoms with Crippen LogP contribution in [0.25, 0.3) is 0 Å². The van der Waals surface area contributed by atoms with Gasteiger partial charge < -0.3 is 4.57 Å². The van der Waals surface area contributed by atoms with Crippen LogP contribution in [0.3, 0.4) is 0 Å². The molecule has 9 heteroatoms. The van der Waals surface area contributed by atoms with E-state index in [0.29, 0.717) is 31.5 Å². The number of hydrogen-bond acceptors (Lipinski definition) is 6. The Morgan fingerprint density at radius 3 is 2.27 bits per heavy atom. The first-order chi connectivity index (χ1) is 12.3. The van der Waals surface area contributed by atoms with Crippen LogP contribution in [0.5, 0.6) is 0 Å². The number of benzene rings is 1. The van der Waals surface area contributed by atoms with Gasteiger partial charge in [0.2, 0.25) is 10.0 Å². The number of piperidine rings is 1. The predicted octanol–water partition coefficient (Wildman–Crippen LogP) is 2.31. The summed E-state index contributed by atoms with van der Waals surface area (Å²) in [5, 5.41) is 9.30. The van der Waals surface area contributed by atoms with Gasteiger partial charge in [-0.05, 0) is 38.2 Å². The van der Waals surface area contributed by atoms with Gasteiger partial charge in [0, 0.05) is 31.6 Å². The predicted molar refractivity (Wildman–Crippen MR) is 100.0 cm³/mol. The highest BCUT2D eigenvalue weighted by Gasteiger charge is 2.32. The van der Waals surface area contributed by atoms with E-state index >= 15 is 0 Å². The Bertz CT molecular complexity index is 899. The van der Waals surface area contributed by atoms with Gasteiger partial charge in [-0.2, -0.15) is 4.31 Å². The van der Waals surface area contributed by atoms with Crippen LogP contribution in [-0.4, -0.2) is 52.6 Å². The second kappa shape index (κ2) is 7.50. The molecular weight excluding hydrogens is 372 g/mol. The van der Waals surface area contributed by atoms with Crippen molar-refractivity contribution in [2.45, 2.75) is 35.7 Å². The molecular formula is C17H22N4O3S2. The first-order valence-electron chi connectivity index (χ1n) is 8.39. The maximum atomic E-state index is 12.8. The van der Waals surface area contributed by atoms with Gasteiger partial charge in [-0.3, -0.25) is 4.79 Å². The molecule has 0 radical (unpaired) electrons. The molecule has 0 saturated carbocycles. The molecule has 140 valence electrons. The fourth-order valence-electron chi connectivity index (χ4n) is 3.22. The van der Waals surface area contributed by atoms with E-state index in [9.17, 15) is 13.2 Å². The maximum absolute atomic E-state index is 12.8. The van der Waals surface area contributed by atoms with Crippen molar-refractivity contribution in [3.05, 3.63) is 35.7 Å². The summed E-state index contributed by atoms with van der Waals surface area (Å²) < 4.78 is 29.2. The van der Waals surface area contributed by atoms with E-state index in [4.69, 9.17) is 0 Å². The number of aromatic nitrogens is 3. The molecule has 1 aliphatic rings. The summed E-state index contributed by atoms with van der Waals surface area (Å²) >= 11 is 1.54. The standard InChI is InChI=1S/C17H22N4O3S2/c1-12(22)13-4-6-15(7-5-13)26(23,24)21-10-8-14(9-11-21)16-18-19-17(25-3)20(16)2/h4-7,14H,8-11H2,1-3H3. The second-order valence-electron chi connectivity index (χ2n) is 6.36. The summed E-state index contributed by atoms with van der Waals surface area (Å²) in [7, 11) is -1.60. The van der Waals surface area contributed by atoms with E-state index in [1.165, 1.54) is 23.4 Å². The van der Waals surface area contributed by atoms with E-state index < -0.39 is 10.0 Å². The average molecular weight is 395 g/mol. The molecule has 2 heterocycles. The number of nitrogens with zero attached hydrogens (tertiary/aromatic N) is 4. The number of carbonyl (C=O) groups is 1. The first kappa shape index (κ1) is 19.1. The number of ketones is 1. The second-order valence-corrected chi connectivity index (χ2v) is 9.07. The van der Waals surface area contributed by atoms with Crippen molar-refractivity contribution in [2.75, 3.05) is 19.3 Å². The van der Waals surface area contributed by atoms with E-state index in [1.54, 1.807) is 23.9 Å². The van der Waals surface area contributed by atoms with Crippen LogP contribution in [0.2, 0.25) is 0 Å². The van der Waals surface area contributed by atoms with Gasteiger partial charge in [-0.15, -0.1) is 10.2 Å². The summed E-state index contributed by atoms with van der Waals surface area (Å²) in [6.45, 7) is 2.36. The molecule has 0 atom stereocenters. The van der Waals surface area contributed by atoms with Crippen LogP contribution >= 0.6 is 11.8 Å². The molecule has 2 aromatic rings. The van der Waals surface area contributed by atoms with Crippen molar-refractivity contribution in [1.29, 1.82) is 0 Å². The van der Waals surface area contributed by atoms with Crippen molar-refractivity contribution in [2.24, 2.45) is 7.05 Å². The Morgan fingerprint density at radius 1 is 1.15 bits per heavy atom. The SMILES string of the molecule is CSc1nnc(C2CCN(S(=O)(=O)c3ccc(C(C)=O)cc3)CC2)n1C. The molecule has 0 bridgehead atoms. The van der Waals surface area contributed by atoms with Crippen LogP contribution in [0, 0.1) is 0 Å². The lowest BCUT2D eigenvalue weighted by Crippen LogP contribution is -2.38. The average Bonchev–Trinajstić information content (AvgIpc) is 3.02. The summed E-state index contributed by atoms with van der Waals surface area (Å²) in [6.07, 6.45) is 3.39. The lowest BCUT2D eigenvalue weighted by atomic mass is 9.97. The zero-order valence-corrected chi connectivity index (χ0v) is 16.7. The third-order valence-electron chi connectivity index (χ3n) is 4.77. The molecule has 0 unspecified atom stereocenters. The monoisotopic (exact) mass is 394 g/mol. The third-order valence-corrected chi connectivity index (χ3v) is 7.40. The zero-order valence-electron chi connectivity index (χ0n) is 15.0. The van der Waals surface area contributed by atoms with Crippen molar-refractivity contribution < 1.29 is 13.2 Å². The van der Waals surface area contributed by atoms with Crippen LogP contribution in [-0.2, 0) is 17.1 Å². The van der Waals surface area contributed by atoms with Crippen molar-refractivity contribution >= 4 is 27.6 Å². The first-order valence-corrected chi connectivity index (χ1v) is 11.1. The molecule has 0 aliphatic carbocycles. The van der Waals surface area contributed by atoms with Crippen LogP contribution < -0.4 is 0 Å². The van der Waals surface area contributed by atoms with E-state index in [0.717, 1.165) is 11.0 Å². The Morgan fingerprint density at radius 2 is 1.77 bits per heavy atom. The molecule has 1 aliphatic heterocycles. The smallest absolute Gasteiger partial charge is 0.243 e. The Hall–Kier alpha value is -1.71. The third kappa shape index (κ3) is 3.56. The Kier molecular flexibility index (Phi) is 5.50. The van der Waals surface area contributed by atoms with Crippen LogP contribution in [0.15, 0.2) is 34.3 Å². The molecule has 7 nitrogen and oxygen atoms in total. The van der Waals surface area contributed by atoms with E-state index in [2.05, 4.69) is 10.2 Å². The van der Waals surface area contributed by atoms with Crippen molar-refractivity contribution in [3.63, 3.8) is 0 Å². The van der Waals surface area contributed by atoms with Gasteiger partial charge >= 0.3 is 0 Å². The largest absolute Gasteiger partial charge is 0.309 e. The van der Waals surface area contributed by atoms with E-state index in [-0.39, 0.29) is 16.6 Å². The quantitative estimate of drug-likeness (QED) is 0.571. The Balaban J connectivity index is 1.72. The van der Waals surface area contributed by atoms with Gasteiger partial charge in [-0.25, -0.2) is 8.42 Å². The topological polar surface area (TPSA) is 85.2 Å². The molecule has 1 aromatic carbocycles. The molecule has 3 rings (SSSR count). The minimum Gasteiger partial charge on any atom is -0.309 e. The minimum atomic E-state index is -3.54. The minimum absolute atomic E-state index is 0.0805. The molecule has 26 heavy (non-hydrogen) atoms. The van der Waals surface area contributed by atoms with Crippen molar-refractivity contribution in [1.82, 2.24) is 19.1 Å². The normalized spacial score (nSPS) is 16.7. The van der Waals surface area contributed by atoms with E-state index in [1.807, 2.05) is 17.9 Å². The highest BCUT2D eigenvalue weighted by molar-refractivity contribution is 7.98. The summed E-state index contributed by atoms with van der Waals surface area (Å²) in [5.41, 5.74) is 0.509. The highest BCUT2D eigenvalue weighted by Crippen LogP contribution is 2.30. The van der Waals surface area contributed by atoms with Crippen molar-refractivity contribution in [3.8, 4) is 0 Å². The van der Waals surface area contributed by atoms with Gasteiger partial charge in [0.1, 0.15) is 5.82 Å². The summed E-state index contributed by atoms with van der Waals surface area (Å²) in [5.74, 6) is 1.04. The molecule has 0 N–H and O–H groups in total. The summed E-state index contributed by atoms with van der Waals surface area (Å²) in [6, 6.07) is 6.13. The zero-order chi connectivity index (χ0) is 18.9. The maximum Gasteiger partial charge on any atom is 0.243 e. The number of thioether (sulfide) groups is 1. The Labute approximate surface area is 157 Å². The molecule has 1 fully saturated rings. The van der Waals surface area contributed by atoms with Gasteiger partial charge in [0.05, 0.1) is 4.90 Å². The van der Waals surface area contributed by atoms with Gasteiger partial charge in [-0.1, -0.05) is 23.9 Å². The van der Waals surface area contributed by atoms with Gasteiger partial charge in [0.15, 0.2) is 10.9 Å². The molecule has 1 saturated heterocycles. The van der Waals surface area contributed by atoms with Crippen LogP contribution in [0.4, 0.5) is 0 Å². The highest BCUT2D eigenvalue weighted by atomic mass is 32.2. The van der Waals surface area contributed by atoms with Gasteiger partial charge in [0.25, 0.3) is 0 Å². The molecule has 0 spiro atoms. The fraction of sp³-hybridized carbons (Fsp3) is 0.471. The summed E-state index contributed by atoms with van der Waals surface area (Å²) in [4.78, 5) is 11.6. The van der Waals surface area contributed by atoms with Crippen LogP contribution in [0.1, 0.15) is 41.9 Å². The number of Topliss-reactive ketones (excluding diaryl/α,β-unsaturated/α-hetero) is 1. The number of sulfonamides is 1. The lowest BCUT2D eigenvalue weighted by molar-refractivity contribution is 0.101. The number of carbonyl (C=O) groups excluding carboxylic acids is 1. The number of hydrogen-bond donors (Lipinski definition) is 0. The lowest BCUT2D eigenvalue weighted by Gasteiger charge is -2.30. The fourth-order valence-corrected chi connectivity index (χ4v) is 5.18. The number of rotatable bonds is 5. The molecule has 1 aromatic heterocycles. The molecule has 0 amide bonds.